The van der Waals surface area contributed by atoms with Crippen molar-refractivity contribution in [1.29, 1.82) is 0 Å². The van der Waals surface area contributed by atoms with E-state index in [1.54, 1.807) is 11.7 Å². The van der Waals surface area contributed by atoms with Crippen LogP contribution in [0.1, 0.15) is 28.2 Å². The van der Waals surface area contributed by atoms with Crippen LogP contribution < -0.4 is 0 Å². The molecule has 74 valence electrons. The number of carbonyl (C=O) groups is 2. The minimum atomic E-state index is -0.953. The van der Waals surface area contributed by atoms with Gasteiger partial charge in [0, 0.05) is 19.2 Å². The van der Waals surface area contributed by atoms with E-state index in [0.717, 1.165) is 5.69 Å². The van der Waals surface area contributed by atoms with Crippen molar-refractivity contribution in [2.75, 3.05) is 0 Å². The molecule has 0 aromatic carbocycles. The van der Waals surface area contributed by atoms with Gasteiger partial charge in [-0.1, -0.05) is 0 Å². The monoisotopic (exact) mass is 194 g/mol. The Balaban J connectivity index is 2.47. The fourth-order valence-electron chi connectivity index (χ4n) is 1.85. The average molecular weight is 194 g/mol. The number of hydrogen-bond acceptors (Lipinski definition) is 3. The van der Waals surface area contributed by atoms with Crippen LogP contribution in [-0.4, -0.2) is 26.6 Å². The van der Waals surface area contributed by atoms with E-state index in [-0.39, 0.29) is 12.2 Å². The van der Waals surface area contributed by atoms with Gasteiger partial charge in [-0.2, -0.15) is 5.10 Å². The highest BCUT2D eigenvalue weighted by atomic mass is 16.4. The fourth-order valence-corrected chi connectivity index (χ4v) is 1.85. The molecule has 1 heterocycles. The highest BCUT2D eigenvalue weighted by Gasteiger charge is 2.28. The SMILES string of the molecule is Cn1nc(CC(=O)O)c2c1CCC2=O. The number of nitrogens with zero attached hydrogens (tertiary/aromatic N) is 2. The van der Waals surface area contributed by atoms with Crippen molar-refractivity contribution < 1.29 is 14.7 Å². The summed E-state index contributed by atoms with van der Waals surface area (Å²) in [4.78, 5) is 22.0. The van der Waals surface area contributed by atoms with E-state index < -0.39 is 5.97 Å². The second-order valence-corrected chi connectivity index (χ2v) is 3.39. The number of ketones is 1. The number of hydrogen-bond donors (Lipinski definition) is 1. The molecular formula is C9H10N2O3. The highest BCUT2D eigenvalue weighted by Crippen LogP contribution is 2.24. The third-order valence-corrected chi connectivity index (χ3v) is 2.42. The molecule has 0 bridgehead atoms. The zero-order valence-electron chi connectivity index (χ0n) is 7.78. The quantitative estimate of drug-likeness (QED) is 0.728. The van der Waals surface area contributed by atoms with Crippen molar-refractivity contribution >= 4 is 11.8 Å². The lowest BCUT2D eigenvalue weighted by Gasteiger charge is -1.93. The molecule has 0 fully saturated rings. The lowest BCUT2D eigenvalue weighted by molar-refractivity contribution is -0.136. The zero-order valence-corrected chi connectivity index (χ0v) is 7.78. The molecule has 1 N–H and O–H groups in total. The standard InChI is InChI=1S/C9H10N2O3/c1-11-6-2-3-7(12)9(6)5(10-11)4-8(13)14/h2-4H2,1H3,(H,13,14). The van der Waals surface area contributed by atoms with E-state index in [0.29, 0.717) is 24.1 Å². The molecule has 1 aromatic heterocycles. The molecule has 0 aliphatic heterocycles. The first-order valence-electron chi connectivity index (χ1n) is 4.39. The second kappa shape index (κ2) is 2.94. The van der Waals surface area contributed by atoms with E-state index in [1.807, 2.05) is 0 Å². The normalized spacial score (nSPS) is 14.5. The predicted octanol–water partition coefficient (Wildman–Crippen LogP) is 0.176. The summed E-state index contributed by atoms with van der Waals surface area (Å²) < 4.78 is 1.61. The Kier molecular flexibility index (Phi) is 1.87. The van der Waals surface area contributed by atoms with Crippen LogP contribution in [0.15, 0.2) is 0 Å². The largest absolute Gasteiger partial charge is 0.481 e. The molecule has 1 aromatic rings. The van der Waals surface area contributed by atoms with E-state index >= 15 is 0 Å². The number of aryl methyl sites for hydroxylation is 1. The number of aliphatic carboxylic acids is 1. The summed E-state index contributed by atoms with van der Waals surface area (Å²) >= 11 is 0. The molecule has 0 radical (unpaired) electrons. The molecule has 0 saturated heterocycles. The summed E-state index contributed by atoms with van der Waals surface area (Å²) in [5.74, 6) is -0.935. The van der Waals surface area contributed by atoms with Crippen LogP contribution in [0.3, 0.4) is 0 Å². The average Bonchev–Trinajstić information content (AvgIpc) is 2.56. The van der Waals surface area contributed by atoms with Gasteiger partial charge in [-0.15, -0.1) is 0 Å². The van der Waals surface area contributed by atoms with Gasteiger partial charge in [0.2, 0.25) is 0 Å². The maximum Gasteiger partial charge on any atom is 0.309 e. The van der Waals surface area contributed by atoms with Crippen LogP contribution in [-0.2, 0) is 24.7 Å². The lowest BCUT2D eigenvalue weighted by Crippen LogP contribution is -2.06. The fraction of sp³-hybridized carbons (Fsp3) is 0.444. The summed E-state index contributed by atoms with van der Waals surface area (Å²) in [6.45, 7) is 0. The molecule has 0 amide bonds. The van der Waals surface area contributed by atoms with E-state index in [4.69, 9.17) is 5.11 Å². The Morgan fingerprint density at radius 2 is 2.29 bits per heavy atom. The Morgan fingerprint density at radius 3 is 2.93 bits per heavy atom. The van der Waals surface area contributed by atoms with Crippen molar-refractivity contribution in [2.24, 2.45) is 7.05 Å². The number of fused-ring (bicyclic) bond motifs is 1. The first-order chi connectivity index (χ1) is 6.59. The van der Waals surface area contributed by atoms with Crippen LogP contribution in [0.2, 0.25) is 0 Å². The van der Waals surface area contributed by atoms with Crippen molar-refractivity contribution in [1.82, 2.24) is 9.78 Å². The van der Waals surface area contributed by atoms with Gasteiger partial charge in [0.25, 0.3) is 0 Å². The van der Waals surface area contributed by atoms with Gasteiger partial charge < -0.3 is 5.11 Å². The van der Waals surface area contributed by atoms with Gasteiger partial charge in [0.05, 0.1) is 17.7 Å². The van der Waals surface area contributed by atoms with Gasteiger partial charge in [-0.25, -0.2) is 0 Å². The number of rotatable bonds is 2. The van der Waals surface area contributed by atoms with E-state index in [1.165, 1.54) is 0 Å². The Labute approximate surface area is 80.3 Å². The van der Waals surface area contributed by atoms with Crippen molar-refractivity contribution in [3.63, 3.8) is 0 Å². The predicted molar refractivity (Wildman–Crippen MR) is 47.2 cm³/mol. The molecule has 2 rings (SSSR count). The first kappa shape index (κ1) is 8.93. The number of carboxylic acids is 1. The maximum atomic E-state index is 11.4. The molecule has 0 spiro atoms. The smallest absolute Gasteiger partial charge is 0.309 e. The number of Topliss-reactive ketones (excluding diaryl/α,β-unsaturated/α-hetero) is 1. The summed E-state index contributed by atoms with van der Waals surface area (Å²) in [6, 6.07) is 0. The summed E-state index contributed by atoms with van der Waals surface area (Å²) in [6.07, 6.45) is 0.986. The van der Waals surface area contributed by atoms with Crippen molar-refractivity contribution in [2.45, 2.75) is 19.3 Å². The third-order valence-electron chi connectivity index (χ3n) is 2.42. The van der Waals surface area contributed by atoms with Gasteiger partial charge in [0.1, 0.15) is 0 Å². The highest BCUT2D eigenvalue weighted by molar-refractivity contribution is 6.01. The van der Waals surface area contributed by atoms with Gasteiger partial charge >= 0.3 is 5.97 Å². The van der Waals surface area contributed by atoms with Crippen molar-refractivity contribution in [3.8, 4) is 0 Å². The minimum Gasteiger partial charge on any atom is -0.481 e. The van der Waals surface area contributed by atoms with Gasteiger partial charge in [0.15, 0.2) is 5.78 Å². The van der Waals surface area contributed by atoms with Crippen LogP contribution in [0, 0.1) is 0 Å². The van der Waals surface area contributed by atoms with Crippen LogP contribution in [0.4, 0.5) is 0 Å². The molecule has 0 saturated carbocycles. The molecule has 1 aliphatic carbocycles. The zero-order chi connectivity index (χ0) is 10.3. The van der Waals surface area contributed by atoms with Crippen LogP contribution in [0.5, 0.6) is 0 Å². The molecule has 1 aliphatic rings. The second-order valence-electron chi connectivity index (χ2n) is 3.39. The Hall–Kier alpha value is -1.65. The third kappa shape index (κ3) is 1.21. The van der Waals surface area contributed by atoms with E-state index in [9.17, 15) is 9.59 Å². The first-order valence-corrected chi connectivity index (χ1v) is 4.39. The molecule has 0 atom stereocenters. The molecule has 14 heavy (non-hydrogen) atoms. The number of aromatic nitrogens is 2. The minimum absolute atomic E-state index is 0.0179. The molecular weight excluding hydrogens is 184 g/mol. The van der Waals surface area contributed by atoms with Crippen molar-refractivity contribution in [3.05, 3.63) is 17.0 Å². The molecule has 5 heteroatoms. The van der Waals surface area contributed by atoms with E-state index in [2.05, 4.69) is 5.10 Å². The molecule has 0 unspecified atom stereocenters. The number of carboxylic acid groups (broad SMARTS) is 1. The van der Waals surface area contributed by atoms with Gasteiger partial charge in [-0.3, -0.25) is 14.3 Å². The summed E-state index contributed by atoms with van der Waals surface area (Å²) in [5, 5.41) is 12.7. The topological polar surface area (TPSA) is 72.2 Å². The van der Waals surface area contributed by atoms with Gasteiger partial charge in [-0.05, 0) is 6.42 Å². The maximum absolute atomic E-state index is 11.4. The summed E-state index contributed by atoms with van der Waals surface area (Å²) in [7, 11) is 1.74. The number of carbonyl (C=O) groups excluding carboxylic acids is 1. The summed E-state index contributed by atoms with van der Waals surface area (Å²) in [5.41, 5.74) is 1.80. The Morgan fingerprint density at radius 1 is 1.57 bits per heavy atom. The Bertz CT molecular complexity index is 420. The molecule has 5 nitrogen and oxygen atoms in total. The van der Waals surface area contributed by atoms with Crippen LogP contribution >= 0.6 is 0 Å². The van der Waals surface area contributed by atoms with Crippen LogP contribution in [0.25, 0.3) is 0 Å². The lowest BCUT2D eigenvalue weighted by atomic mass is 10.1.